The van der Waals surface area contributed by atoms with Crippen LogP contribution >= 0.6 is 0 Å². The van der Waals surface area contributed by atoms with Gasteiger partial charge >= 0.3 is 0 Å². The lowest BCUT2D eigenvalue weighted by atomic mass is 9.81. The lowest BCUT2D eigenvalue weighted by Crippen LogP contribution is -2.62. The molecule has 3 rings (SSSR count). The zero-order valence-corrected chi connectivity index (χ0v) is 12.0. The summed E-state index contributed by atoms with van der Waals surface area (Å²) in [6.45, 7) is 4.13. The maximum absolute atomic E-state index is 12.7. The van der Waals surface area contributed by atoms with E-state index in [0.717, 1.165) is 32.4 Å². The summed E-state index contributed by atoms with van der Waals surface area (Å²) >= 11 is 0. The van der Waals surface area contributed by atoms with Crippen LogP contribution in [0.4, 0.5) is 0 Å². The molecular weight excluding hydrogens is 252 g/mol. The number of likely N-dealkylation sites (tertiary alicyclic amines) is 1. The van der Waals surface area contributed by atoms with E-state index in [4.69, 9.17) is 0 Å². The monoisotopic (exact) mass is 274 g/mol. The number of nitrogens with one attached hydrogen (secondary N) is 1. The van der Waals surface area contributed by atoms with Crippen LogP contribution in [0.5, 0.6) is 0 Å². The van der Waals surface area contributed by atoms with Gasteiger partial charge in [0.25, 0.3) is 5.91 Å². The summed E-state index contributed by atoms with van der Waals surface area (Å²) in [5.41, 5.74) is 0.0409. The van der Waals surface area contributed by atoms with E-state index in [9.17, 15) is 4.79 Å². The van der Waals surface area contributed by atoms with Crippen molar-refractivity contribution in [3.63, 3.8) is 0 Å². The normalized spacial score (nSPS) is 30.4. The van der Waals surface area contributed by atoms with E-state index in [1.54, 1.807) is 18.5 Å². The lowest BCUT2D eigenvalue weighted by molar-refractivity contribution is 0.0368. The van der Waals surface area contributed by atoms with E-state index < -0.39 is 0 Å². The predicted octanol–water partition coefficient (Wildman–Crippen LogP) is 1.61. The Kier molecular flexibility index (Phi) is 3.70. The minimum absolute atomic E-state index is 0.0229. The van der Waals surface area contributed by atoms with E-state index in [2.05, 4.69) is 22.2 Å². The van der Waals surface area contributed by atoms with Crippen LogP contribution in [0.3, 0.4) is 0 Å². The molecule has 1 aromatic heterocycles. The molecule has 2 saturated heterocycles. The minimum Gasteiger partial charge on any atom is -0.331 e. The molecule has 2 atom stereocenters. The number of carbonyl (C=O) groups excluding carboxylic acids is 1. The Labute approximate surface area is 119 Å². The summed E-state index contributed by atoms with van der Waals surface area (Å²) in [5, 5.41) is 3.66. The van der Waals surface area contributed by atoms with Gasteiger partial charge in [-0.3, -0.25) is 4.79 Å². The van der Waals surface area contributed by atoms with Crippen LogP contribution in [0.1, 0.15) is 49.6 Å². The molecule has 0 bridgehead atoms. The third-order valence-electron chi connectivity index (χ3n) is 4.66. The SMILES string of the molecule is C[C@]12CCCN(C(=O)c3ncccn3)[C@H]1CCCCN2. The third kappa shape index (κ3) is 2.42. The quantitative estimate of drug-likeness (QED) is 0.845. The van der Waals surface area contributed by atoms with E-state index >= 15 is 0 Å². The summed E-state index contributed by atoms with van der Waals surface area (Å²) in [6.07, 6.45) is 8.88. The van der Waals surface area contributed by atoms with Crippen LogP contribution in [0.15, 0.2) is 18.5 Å². The first-order valence-corrected chi connectivity index (χ1v) is 7.54. The van der Waals surface area contributed by atoms with Crippen molar-refractivity contribution in [1.29, 1.82) is 0 Å². The van der Waals surface area contributed by atoms with E-state index in [-0.39, 0.29) is 17.5 Å². The number of nitrogens with zero attached hydrogens (tertiary/aromatic N) is 3. The van der Waals surface area contributed by atoms with Crippen LogP contribution in [0.25, 0.3) is 0 Å². The second-order valence-electron chi connectivity index (χ2n) is 6.03. The molecule has 1 aromatic rings. The molecule has 5 heteroatoms. The number of carbonyl (C=O) groups is 1. The van der Waals surface area contributed by atoms with Gasteiger partial charge in [-0.25, -0.2) is 9.97 Å². The van der Waals surface area contributed by atoms with Crippen molar-refractivity contribution in [2.75, 3.05) is 13.1 Å². The lowest BCUT2D eigenvalue weighted by Gasteiger charge is -2.47. The molecule has 2 aliphatic heterocycles. The number of rotatable bonds is 1. The van der Waals surface area contributed by atoms with Gasteiger partial charge in [-0.15, -0.1) is 0 Å². The van der Waals surface area contributed by atoms with E-state index in [1.807, 2.05) is 4.90 Å². The highest BCUT2D eigenvalue weighted by Gasteiger charge is 2.43. The van der Waals surface area contributed by atoms with Crippen molar-refractivity contribution in [1.82, 2.24) is 20.2 Å². The second kappa shape index (κ2) is 5.48. The van der Waals surface area contributed by atoms with Gasteiger partial charge in [0.15, 0.2) is 0 Å². The Morgan fingerprint density at radius 1 is 1.35 bits per heavy atom. The molecule has 108 valence electrons. The number of hydrogen-bond acceptors (Lipinski definition) is 4. The third-order valence-corrected chi connectivity index (χ3v) is 4.66. The van der Waals surface area contributed by atoms with Gasteiger partial charge in [0.2, 0.25) is 5.82 Å². The van der Waals surface area contributed by atoms with Gasteiger partial charge in [0, 0.05) is 30.5 Å². The van der Waals surface area contributed by atoms with Crippen molar-refractivity contribution in [3.05, 3.63) is 24.3 Å². The molecule has 20 heavy (non-hydrogen) atoms. The molecule has 0 radical (unpaired) electrons. The van der Waals surface area contributed by atoms with Crippen LogP contribution < -0.4 is 5.32 Å². The van der Waals surface area contributed by atoms with Gasteiger partial charge in [-0.05, 0) is 45.2 Å². The summed E-state index contributed by atoms with van der Waals surface area (Å²) in [5.74, 6) is 0.297. The Bertz CT molecular complexity index is 478. The summed E-state index contributed by atoms with van der Waals surface area (Å²) < 4.78 is 0. The molecule has 2 fully saturated rings. The zero-order chi connectivity index (χ0) is 14.0. The van der Waals surface area contributed by atoms with Crippen molar-refractivity contribution < 1.29 is 4.79 Å². The minimum atomic E-state index is -0.0229. The van der Waals surface area contributed by atoms with Gasteiger partial charge in [0.1, 0.15) is 0 Å². The molecule has 5 nitrogen and oxygen atoms in total. The summed E-state index contributed by atoms with van der Waals surface area (Å²) in [7, 11) is 0. The molecule has 2 aliphatic rings. The number of piperidine rings is 1. The van der Waals surface area contributed by atoms with Crippen LogP contribution in [0.2, 0.25) is 0 Å². The standard InChI is InChI=1S/C15H22N4O/c1-15-7-4-11-19(12(15)6-2-3-10-18-15)14(20)13-16-8-5-9-17-13/h5,8-9,12,18H,2-4,6-7,10-11H2,1H3/t12-,15-/m0/s1. The van der Waals surface area contributed by atoms with Gasteiger partial charge < -0.3 is 10.2 Å². The maximum Gasteiger partial charge on any atom is 0.291 e. The summed E-state index contributed by atoms with van der Waals surface area (Å²) in [6, 6.07) is 2.00. The van der Waals surface area contributed by atoms with Crippen LogP contribution in [0, 0.1) is 0 Å². The Morgan fingerprint density at radius 2 is 2.15 bits per heavy atom. The first kappa shape index (κ1) is 13.5. The highest BCUT2D eigenvalue weighted by Crippen LogP contribution is 2.33. The number of amides is 1. The van der Waals surface area contributed by atoms with E-state index in [0.29, 0.717) is 5.82 Å². The molecule has 0 unspecified atom stereocenters. The Hall–Kier alpha value is -1.49. The average Bonchev–Trinajstić information content (AvgIpc) is 2.68. The van der Waals surface area contributed by atoms with Gasteiger partial charge in [-0.1, -0.05) is 6.42 Å². The maximum atomic E-state index is 12.7. The Balaban J connectivity index is 1.86. The molecule has 0 aromatic carbocycles. The van der Waals surface area contributed by atoms with Gasteiger partial charge in [0.05, 0.1) is 0 Å². The fourth-order valence-electron chi connectivity index (χ4n) is 3.58. The molecule has 0 spiro atoms. The van der Waals surface area contributed by atoms with Crippen molar-refractivity contribution >= 4 is 5.91 Å². The number of aromatic nitrogens is 2. The van der Waals surface area contributed by atoms with Crippen LogP contribution in [-0.2, 0) is 0 Å². The Morgan fingerprint density at radius 3 is 2.95 bits per heavy atom. The first-order valence-electron chi connectivity index (χ1n) is 7.54. The van der Waals surface area contributed by atoms with Crippen LogP contribution in [-0.4, -0.2) is 45.4 Å². The fourth-order valence-corrected chi connectivity index (χ4v) is 3.58. The molecule has 1 N–H and O–H groups in total. The molecule has 0 saturated carbocycles. The predicted molar refractivity (Wildman–Crippen MR) is 76.3 cm³/mol. The second-order valence-corrected chi connectivity index (χ2v) is 6.03. The zero-order valence-electron chi connectivity index (χ0n) is 12.0. The largest absolute Gasteiger partial charge is 0.331 e. The van der Waals surface area contributed by atoms with Crippen molar-refractivity contribution in [2.24, 2.45) is 0 Å². The summed E-state index contributed by atoms with van der Waals surface area (Å²) in [4.78, 5) is 22.9. The molecule has 1 amide bonds. The highest BCUT2D eigenvalue weighted by atomic mass is 16.2. The van der Waals surface area contributed by atoms with Gasteiger partial charge in [-0.2, -0.15) is 0 Å². The molecule has 0 aliphatic carbocycles. The fraction of sp³-hybridized carbons (Fsp3) is 0.667. The van der Waals surface area contributed by atoms with Crippen molar-refractivity contribution in [3.8, 4) is 0 Å². The topological polar surface area (TPSA) is 58.1 Å². The number of hydrogen-bond donors (Lipinski definition) is 1. The van der Waals surface area contributed by atoms with Crippen molar-refractivity contribution in [2.45, 2.75) is 50.6 Å². The number of fused-ring (bicyclic) bond motifs is 1. The smallest absolute Gasteiger partial charge is 0.291 e. The highest BCUT2D eigenvalue weighted by molar-refractivity contribution is 5.90. The average molecular weight is 274 g/mol. The molecular formula is C15H22N4O. The van der Waals surface area contributed by atoms with E-state index in [1.165, 1.54) is 12.8 Å². The first-order chi connectivity index (χ1) is 9.71. The molecule has 3 heterocycles.